The van der Waals surface area contributed by atoms with E-state index in [1.165, 1.54) is 11.1 Å². The molecule has 0 aromatic heterocycles. The van der Waals surface area contributed by atoms with Crippen molar-refractivity contribution >= 4 is 0 Å². The molecule has 1 aromatic carbocycles. The van der Waals surface area contributed by atoms with Gasteiger partial charge in [0.05, 0.1) is 20.8 Å². The summed E-state index contributed by atoms with van der Waals surface area (Å²) in [6.45, 7) is 2.03. The van der Waals surface area contributed by atoms with Crippen molar-refractivity contribution in [1.82, 2.24) is 0 Å². The van der Waals surface area contributed by atoms with E-state index in [0.717, 1.165) is 31.0 Å². The minimum absolute atomic E-state index is 0. The molecule has 1 heterocycles. The Balaban J connectivity index is 0.00000144. The average Bonchev–Trinajstić information content (AvgIpc) is 2.36. The molecule has 18 heavy (non-hydrogen) atoms. The fraction of sp³-hybridized carbons (Fsp3) is 0.500. The van der Waals surface area contributed by atoms with Crippen LogP contribution < -0.4 is 54.5 Å². The van der Waals surface area contributed by atoms with Gasteiger partial charge in [-0.05, 0) is 17.7 Å². The maximum absolute atomic E-state index is 5.34. The first-order valence-corrected chi connectivity index (χ1v) is 5.67. The number of nitrogens with two attached hydrogens (primary N) is 1. The molecule has 6 heteroatoms. The maximum Gasteiger partial charge on any atom is 0.161 e. The third-order valence-electron chi connectivity index (χ3n) is 3.22. The van der Waals surface area contributed by atoms with Crippen LogP contribution in [0.4, 0.5) is 0 Å². The van der Waals surface area contributed by atoms with E-state index in [4.69, 9.17) is 9.47 Å². The van der Waals surface area contributed by atoms with Crippen molar-refractivity contribution < 1.29 is 54.5 Å². The van der Waals surface area contributed by atoms with Crippen molar-refractivity contribution in [3.63, 3.8) is 0 Å². The van der Waals surface area contributed by atoms with Gasteiger partial charge in [-0.1, -0.05) is 0 Å². The van der Waals surface area contributed by atoms with Crippen molar-refractivity contribution in [1.29, 1.82) is 0 Å². The zero-order valence-corrected chi connectivity index (χ0v) is 13.9. The molecule has 1 unspecified atom stereocenters. The molecule has 1 aliphatic heterocycles. The van der Waals surface area contributed by atoms with Crippen LogP contribution in [0.3, 0.4) is 0 Å². The largest absolute Gasteiger partial charge is 1.00 e. The first-order valence-electron chi connectivity index (χ1n) is 5.67. The lowest BCUT2D eigenvalue weighted by atomic mass is 9.93. The highest BCUT2D eigenvalue weighted by molar-refractivity contribution is 5.48. The zero-order valence-electron chi connectivity index (χ0n) is 10.7. The standard InChI is InChI=1S/C12H18N2O2.2BrH/c1-15-11-5-8-3-4-14-10(7-13)9(8)6-12(11)16-2;;/h5-6,10,14H,3-4,7,13H2,1-2H3;2*1H. The molecule has 0 aliphatic carbocycles. The molecular formula is C12H20Br2N2O2. The maximum atomic E-state index is 5.34. The van der Waals surface area contributed by atoms with Crippen LogP contribution in [0.2, 0.25) is 0 Å². The Morgan fingerprint density at radius 1 is 1.22 bits per heavy atom. The molecule has 0 bridgehead atoms. The van der Waals surface area contributed by atoms with Gasteiger partial charge < -0.3 is 54.5 Å². The van der Waals surface area contributed by atoms with Crippen LogP contribution >= 0.6 is 0 Å². The third kappa shape index (κ3) is 3.38. The van der Waals surface area contributed by atoms with Gasteiger partial charge in [-0.25, -0.2) is 0 Å². The third-order valence-corrected chi connectivity index (χ3v) is 3.22. The number of quaternary nitrogens is 2. The van der Waals surface area contributed by atoms with Gasteiger partial charge in [0.15, 0.2) is 17.5 Å². The highest BCUT2D eigenvalue weighted by Gasteiger charge is 2.25. The van der Waals surface area contributed by atoms with Crippen molar-refractivity contribution in [3.8, 4) is 11.5 Å². The topological polar surface area (TPSA) is 62.7 Å². The van der Waals surface area contributed by atoms with Gasteiger partial charge in [0.2, 0.25) is 0 Å². The summed E-state index contributed by atoms with van der Waals surface area (Å²) in [5.41, 5.74) is 6.72. The fourth-order valence-electron chi connectivity index (χ4n) is 2.34. The Morgan fingerprint density at radius 3 is 2.39 bits per heavy atom. The molecule has 104 valence electrons. The minimum atomic E-state index is 0. The molecular weight excluding hydrogens is 364 g/mol. The Labute approximate surface area is 129 Å². The van der Waals surface area contributed by atoms with E-state index in [9.17, 15) is 0 Å². The second kappa shape index (κ2) is 7.99. The van der Waals surface area contributed by atoms with Gasteiger partial charge in [-0.2, -0.15) is 0 Å². The van der Waals surface area contributed by atoms with E-state index >= 15 is 0 Å². The first-order chi connectivity index (χ1) is 7.80. The van der Waals surface area contributed by atoms with Crippen molar-refractivity contribution in [2.24, 2.45) is 0 Å². The SMILES string of the molecule is COc1cc2c(cc1OC)C(C[NH3+])[NH2+]CC2.[Br-].[Br-]. The number of benzene rings is 1. The Hall–Kier alpha value is -0.300. The number of rotatable bonds is 3. The summed E-state index contributed by atoms with van der Waals surface area (Å²) in [7, 11) is 3.36. The molecule has 0 saturated carbocycles. The summed E-state index contributed by atoms with van der Waals surface area (Å²) in [6, 6.07) is 4.66. The molecule has 4 nitrogen and oxygen atoms in total. The number of methoxy groups -OCH3 is 2. The smallest absolute Gasteiger partial charge is 0.161 e. The molecule has 0 saturated heterocycles. The highest BCUT2D eigenvalue weighted by Crippen LogP contribution is 2.33. The van der Waals surface area contributed by atoms with Crippen LogP contribution in [0.25, 0.3) is 0 Å². The van der Waals surface area contributed by atoms with Crippen LogP contribution in [-0.4, -0.2) is 27.3 Å². The number of ether oxygens (including phenoxy) is 2. The van der Waals surface area contributed by atoms with Crippen molar-refractivity contribution in [3.05, 3.63) is 23.3 Å². The van der Waals surface area contributed by atoms with Gasteiger partial charge >= 0.3 is 0 Å². The number of fused-ring (bicyclic) bond motifs is 1. The lowest BCUT2D eigenvalue weighted by molar-refractivity contribution is -0.715. The van der Waals surface area contributed by atoms with E-state index in [-0.39, 0.29) is 34.0 Å². The Bertz CT molecular complexity index is 389. The molecule has 2 rings (SSSR count). The molecule has 0 radical (unpaired) electrons. The number of halogens is 2. The number of hydrogen-bond donors (Lipinski definition) is 2. The Kier molecular flexibility index (Phi) is 7.86. The molecule has 5 N–H and O–H groups in total. The van der Waals surface area contributed by atoms with E-state index in [1.807, 2.05) is 0 Å². The molecule has 1 atom stereocenters. The zero-order chi connectivity index (χ0) is 11.5. The predicted molar refractivity (Wildman–Crippen MR) is 60.5 cm³/mol. The summed E-state index contributed by atoms with van der Waals surface area (Å²) in [5, 5.41) is 2.35. The predicted octanol–water partition coefficient (Wildman–Crippen LogP) is -6.89. The van der Waals surface area contributed by atoms with E-state index in [1.54, 1.807) is 14.2 Å². The average molecular weight is 384 g/mol. The summed E-state index contributed by atoms with van der Waals surface area (Å²) >= 11 is 0. The van der Waals surface area contributed by atoms with E-state index < -0.39 is 0 Å². The number of hydrogen-bond acceptors (Lipinski definition) is 2. The highest BCUT2D eigenvalue weighted by atomic mass is 79.9. The monoisotopic (exact) mass is 382 g/mol. The van der Waals surface area contributed by atoms with Crippen molar-refractivity contribution in [2.75, 3.05) is 27.3 Å². The van der Waals surface area contributed by atoms with Gasteiger partial charge in [-0.15, -0.1) is 0 Å². The normalized spacial score (nSPS) is 16.9. The summed E-state index contributed by atoms with van der Waals surface area (Å²) < 4.78 is 10.7. The van der Waals surface area contributed by atoms with Gasteiger partial charge in [0.1, 0.15) is 6.54 Å². The molecule has 0 fully saturated rings. The van der Waals surface area contributed by atoms with Gasteiger partial charge in [0, 0.05) is 12.0 Å². The molecule has 1 aliphatic rings. The summed E-state index contributed by atoms with van der Waals surface area (Å²) in [4.78, 5) is 0. The van der Waals surface area contributed by atoms with Crippen LogP contribution in [-0.2, 0) is 6.42 Å². The fourth-order valence-corrected chi connectivity index (χ4v) is 2.34. The van der Waals surface area contributed by atoms with Gasteiger partial charge in [-0.3, -0.25) is 0 Å². The van der Waals surface area contributed by atoms with E-state index in [0.29, 0.717) is 6.04 Å². The van der Waals surface area contributed by atoms with Gasteiger partial charge in [0.25, 0.3) is 0 Å². The lowest BCUT2D eigenvalue weighted by Gasteiger charge is -2.23. The molecule has 0 amide bonds. The van der Waals surface area contributed by atoms with Crippen molar-refractivity contribution in [2.45, 2.75) is 12.5 Å². The lowest BCUT2D eigenvalue weighted by Crippen LogP contribution is -3.00. The van der Waals surface area contributed by atoms with E-state index in [2.05, 4.69) is 23.2 Å². The summed E-state index contributed by atoms with van der Waals surface area (Å²) in [5.74, 6) is 1.64. The quantitative estimate of drug-likeness (QED) is 0.545. The Morgan fingerprint density at radius 2 is 1.83 bits per heavy atom. The van der Waals surface area contributed by atoms with Crippen LogP contribution in [0.5, 0.6) is 11.5 Å². The van der Waals surface area contributed by atoms with Crippen LogP contribution in [0.15, 0.2) is 12.1 Å². The molecule has 0 spiro atoms. The van der Waals surface area contributed by atoms with Crippen LogP contribution in [0, 0.1) is 0 Å². The first kappa shape index (κ1) is 17.7. The van der Waals surface area contributed by atoms with Crippen LogP contribution in [0.1, 0.15) is 17.2 Å². The summed E-state index contributed by atoms with van der Waals surface area (Å²) in [6.07, 6.45) is 1.09. The second-order valence-electron chi connectivity index (χ2n) is 4.08. The molecule has 1 aromatic rings. The second-order valence-corrected chi connectivity index (χ2v) is 4.08. The minimum Gasteiger partial charge on any atom is -1.00 e.